The number of nitrogens with one attached hydrogen (secondary N) is 1. The highest BCUT2D eigenvalue weighted by atomic mass is 19.1. The largest absolute Gasteiger partial charge is 0.491 e. The minimum atomic E-state index is -0.216. The Hall–Kier alpha value is -1.62. The van der Waals surface area contributed by atoms with E-state index in [1.165, 1.54) is 6.07 Å². The van der Waals surface area contributed by atoms with Gasteiger partial charge in [0.25, 0.3) is 0 Å². The van der Waals surface area contributed by atoms with Gasteiger partial charge in [-0.25, -0.2) is 4.39 Å². The minimum absolute atomic E-state index is 0.114. The summed E-state index contributed by atoms with van der Waals surface area (Å²) in [6.45, 7) is 8.85. The standard InChI is InChI=1S/C18H26FNO3/c1-12(20-11-21)9-22-15-7-14-5-13(10-23-18(2,3)4)6-16(14)17(19)8-15/h7-8,11-13H,5-6,9-10H2,1-4H3,(H,20,21). The predicted molar refractivity (Wildman–Crippen MR) is 87.2 cm³/mol. The van der Waals surface area contributed by atoms with Crippen LogP contribution in [-0.2, 0) is 22.4 Å². The first-order chi connectivity index (χ1) is 10.8. The normalized spacial score (nSPS) is 18.4. The Bertz CT molecular complexity index is 554. The highest BCUT2D eigenvalue weighted by Crippen LogP contribution is 2.33. The van der Waals surface area contributed by atoms with Gasteiger partial charge in [-0.3, -0.25) is 4.79 Å². The highest BCUT2D eigenvalue weighted by molar-refractivity contribution is 5.46. The van der Waals surface area contributed by atoms with Gasteiger partial charge in [0, 0.05) is 6.07 Å². The van der Waals surface area contributed by atoms with Gasteiger partial charge in [0.1, 0.15) is 18.2 Å². The van der Waals surface area contributed by atoms with Gasteiger partial charge >= 0.3 is 0 Å². The van der Waals surface area contributed by atoms with Crippen LogP contribution in [0.25, 0.3) is 0 Å². The zero-order valence-electron chi connectivity index (χ0n) is 14.3. The molecule has 5 heteroatoms. The molecule has 2 rings (SSSR count). The molecular weight excluding hydrogens is 297 g/mol. The molecule has 1 aromatic rings. The van der Waals surface area contributed by atoms with Gasteiger partial charge in [-0.1, -0.05) is 0 Å². The van der Waals surface area contributed by atoms with E-state index in [-0.39, 0.29) is 17.5 Å². The number of amides is 1. The van der Waals surface area contributed by atoms with Crippen molar-refractivity contribution < 1.29 is 18.7 Å². The molecule has 0 heterocycles. The van der Waals surface area contributed by atoms with Gasteiger partial charge in [-0.15, -0.1) is 0 Å². The Labute approximate surface area is 137 Å². The second-order valence-electron chi connectivity index (χ2n) is 7.24. The fraction of sp³-hybridized carbons (Fsp3) is 0.611. The van der Waals surface area contributed by atoms with Crippen LogP contribution < -0.4 is 10.1 Å². The summed E-state index contributed by atoms with van der Waals surface area (Å²) in [7, 11) is 0. The molecule has 0 spiro atoms. The maximum atomic E-state index is 14.3. The third-order valence-electron chi connectivity index (χ3n) is 3.87. The van der Waals surface area contributed by atoms with Gasteiger partial charge in [-0.05, 0) is 63.6 Å². The van der Waals surface area contributed by atoms with Crippen molar-refractivity contribution in [1.82, 2.24) is 5.32 Å². The van der Waals surface area contributed by atoms with Crippen molar-refractivity contribution in [2.24, 2.45) is 5.92 Å². The van der Waals surface area contributed by atoms with Crippen molar-refractivity contribution in [2.45, 2.75) is 52.2 Å². The molecule has 1 aromatic carbocycles. The minimum Gasteiger partial charge on any atom is -0.491 e. The van der Waals surface area contributed by atoms with E-state index in [0.717, 1.165) is 17.5 Å². The van der Waals surface area contributed by atoms with E-state index in [4.69, 9.17) is 9.47 Å². The first kappa shape index (κ1) is 17.7. The average molecular weight is 323 g/mol. The molecule has 2 unspecified atom stereocenters. The van der Waals surface area contributed by atoms with Crippen molar-refractivity contribution >= 4 is 6.41 Å². The Morgan fingerprint density at radius 1 is 1.39 bits per heavy atom. The van der Waals surface area contributed by atoms with Crippen LogP contribution in [0.2, 0.25) is 0 Å². The Kier molecular flexibility index (Phi) is 5.63. The third kappa shape index (κ3) is 5.20. The molecule has 0 saturated carbocycles. The maximum absolute atomic E-state index is 14.3. The van der Waals surface area contributed by atoms with E-state index in [1.807, 2.05) is 33.8 Å². The van der Waals surface area contributed by atoms with E-state index < -0.39 is 0 Å². The number of fused-ring (bicyclic) bond motifs is 1. The van der Waals surface area contributed by atoms with Gasteiger partial charge in [-0.2, -0.15) is 0 Å². The molecule has 128 valence electrons. The Morgan fingerprint density at radius 2 is 2.13 bits per heavy atom. The van der Waals surface area contributed by atoms with Crippen LogP contribution >= 0.6 is 0 Å². The molecule has 0 saturated heterocycles. The molecule has 1 amide bonds. The lowest BCUT2D eigenvalue weighted by Crippen LogP contribution is -2.30. The zero-order valence-corrected chi connectivity index (χ0v) is 14.3. The van der Waals surface area contributed by atoms with Crippen molar-refractivity contribution in [3.8, 4) is 5.75 Å². The number of carbonyl (C=O) groups is 1. The average Bonchev–Trinajstić information content (AvgIpc) is 2.86. The second-order valence-corrected chi connectivity index (χ2v) is 7.24. The van der Waals surface area contributed by atoms with Crippen LogP contribution in [0.3, 0.4) is 0 Å². The predicted octanol–water partition coefficient (Wildman–Crippen LogP) is 2.87. The topological polar surface area (TPSA) is 47.6 Å². The maximum Gasteiger partial charge on any atom is 0.207 e. The van der Waals surface area contributed by atoms with E-state index in [0.29, 0.717) is 37.7 Å². The van der Waals surface area contributed by atoms with E-state index in [1.54, 1.807) is 0 Å². The van der Waals surface area contributed by atoms with Crippen LogP contribution in [0.15, 0.2) is 12.1 Å². The van der Waals surface area contributed by atoms with E-state index >= 15 is 0 Å². The molecule has 1 aliphatic carbocycles. The van der Waals surface area contributed by atoms with Gasteiger partial charge < -0.3 is 14.8 Å². The summed E-state index contributed by atoms with van der Waals surface area (Å²) < 4.78 is 25.7. The molecule has 2 atom stereocenters. The monoisotopic (exact) mass is 323 g/mol. The lowest BCUT2D eigenvalue weighted by Gasteiger charge is -2.22. The fourth-order valence-corrected chi connectivity index (χ4v) is 2.70. The number of halogens is 1. The van der Waals surface area contributed by atoms with E-state index in [9.17, 15) is 9.18 Å². The van der Waals surface area contributed by atoms with Crippen molar-refractivity contribution in [2.75, 3.05) is 13.2 Å². The molecule has 23 heavy (non-hydrogen) atoms. The zero-order chi connectivity index (χ0) is 17.0. The van der Waals surface area contributed by atoms with Gasteiger partial charge in [0.15, 0.2) is 0 Å². The van der Waals surface area contributed by atoms with Crippen molar-refractivity contribution in [3.63, 3.8) is 0 Å². The number of hydrogen-bond acceptors (Lipinski definition) is 3. The summed E-state index contributed by atoms with van der Waals surface area (Å²) in [4.78, 5) is 10.4. The van der Waals surface area contributed by atoms with E-state index in [2.05, 4.69) is 5.32 Å². The Balaban J connectivity index is 1.97. The number of carbonyl (C=O) groups excluding carboxylic acids is 1. The molecule has 1 N–H and O–H groups in total. The molecule has 0 radical (unpaired) electrons. The Morgan fingerprint density at radius 3 is 2.78 bits per heavy atom. The third-order valence-corrected chi connectivity index (χ3v) is 3.87. The summed E-state index contributed by atoms with van der Waals surface area (Å²) in [5.41, 5.74) is 1.60. The van der Waals surface area contributed by atoms with Crippen LogP contribution in [0, 0.1) is 11.7 Å². The molecule has 0 aromatic heterocycles. The number of rotatable bonds is 7. The fourth-order valence-electron chi connectivity index (χ4n) is 2.70. The number of benzene rings is 1. The first-order valence-electron chi connectivity index (χ1n) is 8.06. The summed E-state index contributed by atoms with van der Waals surface area (Å²) in [5.74, 6) is 0.606. The smallest absolute Gasteiger partial charge is 0.207 e. The SMILES string of the molecule is CC(COc1cc(F)c2c(c1)CC(COC(C)(C)C)C2)NC=O. The number of hydrogen-bond donors (Lipinski definition) is 1. The lowest BCUT2D eigenvalue weighted by molar-refractivity contribution is -0.110. The van der Waals surface area contributed by atoms with Gasteiger partial charge in [0.05, 0.1) is 18.2 Å². The van der Waals surface area contributed by atoms with Crippen LogP contribution in [0.4, 0.5) is 4.39 Å². The molecule has 0 bridgehead atoms. The van der Waals surface area contributed by atoms with Gasteiger partial charge in [0.2, 0.25) is 6.41 Å². The summed E-state index contributed by atoms with van der Waals surface area (Å²) >= 11 is 0. The van der Waals surface area contributed by atoms with Crippen LogP contribution in [-0.4, -0.2) is 31.3 Å². The number of ether oxygens (including phenoxy) is 2. The summed E-state index contributed by atoms with van der Waals surface area (Å²) in [6, 6.07) is 3.22. The quantitative estimate of drug-likeness (QED) is 0.785. The van der Waals surface area contributed by atoms with Crippen molar-refractivity contribution in [3.05, 3.63) is 29.1 Å². The first-order valence-corrected chi connectivity index (χ1v) is 8.06. The van der Waals surface area contributed by atoms with Crippen LogP contribution in [0.5, 0.6) is 5.75 Å². The second kappa shape index (κ2) is 7.30. The molecule has 4 nitrogen and oxygen atoms in total. The summed E-state index contributed by atoms with van der Waals surface area (Å²) in [5, 5.41) is 2.60. The molecule has 1 aliphatic rings. The van der Waals surface area contributed by atoms with Crippen LogP contribution in [0.1, 0.15) is 38.8 Å². The molecule has 0 aliphatic heterocycles. The summed E-state index contributed by atoms with van der Waals surface area (Å²) in [6.07, 6.45) is 2.15. The lowest BCUT2D eigenvalue weighted by atomic mass is 10.1. The highest BCUT2D eigenvalue weighted by Gasteiger charge is 2.27. The van der Waals surface area contributed by atoms with Crippen molar-refractivity contribution in [1.29, 1.82) is 0 Å². The molecular formula is C18H26FNO3. The molecule has 0 fully saturated rings.